The first-order chi connectivity index (χ1) is 8.37. The number of fused-ring (bicyclic) bond motifs is 1. The van der Waals surface area contributed by atoms with Crippen LogP contribution in [0.1, 0.15) is 46.5 Å². The van der Waals surface area contributed by atoms with Gasteiger partial charge in [-0.1, -0.05) is 0 Å². The van der Waals surface area contributed by atoms with Gasteiger partial charge in [-0.15, -0.1) is 0 Å². The monoisotopic (exact) mass is 253 g/mol. The van der Waals surface area contributed by atoms with Crippen molar-refractivity contribution in [3.05, 3.63) is 0 Å². The van der Waals surface area contributed by atoms with E-state index in [4.69, 9.17) is 4.74 Å². The number of carbonyl (C=O) groups is 2. The number of hydrogen-bond acceptors (Lipinski definition) is 3. The number of ketones is 1. The molecule has 2 atom stereocenters. The second kappa shape index (κ2) is 4.90. The van der Waals surface area contributed by atoms with Crippen molar-refractivity contribution in [3.63, 3.8) is 0 Å². The lowest BCUT2D eigenvalue weighted by Crippen LogP contribution is -2.49. The molecule has 0 unspecified atom stereocenters. The maximum absolute atomic E-state index is 12.0. The van der Waals surface area contributed by atoms with Crippen molar-refractivity contribution in [2.24, 2.45) is 11.8 Å². The molecule has 0 aromatic carbocycles. The Morgan fingerprint density at radius 2 is 2.06 bits per heavy atom. The predicted molar refractivity (Wildman–Crippen MR) is 68.3 cm³/mol. The number of amides is 1. The zero-order chi connectivity index (χ0) is 13.3. The Kier molecular flexibility index (Phi) is 3.64. The van der Waals surface area contributed by atoms with Crippen LogP contribution in [0.15, 0.2) is 0 Å². The number of hydrogen-bond donors (Lipinski definition) is 0. The third-order valence-corrected chi connectivity index (χ3v) is 3.82. The van der Waals surface area contributed by atoms with Crippen molar-refractivity contribution in [2.75, 3.05) is 13.1 Å². The van der Waals surface area contributed by atoms with E-state index in [1.807, 2.05) is 20.8 Å². The Labute approximate surface area is 109 Å². The van der Waals surface area contributed by atoms with E-state index in [1.54, 1.807) is 4.90 Å². The number of Topliss-reactive ketones (excluding diaryl/α,β-unsaturated/α-hetero) is 1. The van der Waals surface area contributed by atoms with E-state index in [1.165, 1.54) is 0 Å². The molecule has 0 aromatic heterocycles. The molecular formula is C14H23NO3. The van der Waals surface area contributed by atoms with Crippen molar-refractivity contribution < 1.29 is 14.3 Å². The van der Waals surface area contributed by atoms with Crippen LogP contribution in [0, 0.1) is 11.8 Å². The summed E-state index contributed by atoms with van der Waals surface area (Å²) in [6, 6.07) is 0. The molecule has 1 saturated heterocycles. The number of ether oxygens (including phenoxy) is 1. The van der Waals surface area contributed by atoms with E-state index in [2.05, 4.69) is 0 Å². The molecule has 0 N–H and O–H groups in total. The van der Waals surface area contributed by atoms with Crippen molar-refractivity contribution in [2.45, 2.75) is 52.1 Å². The van der Waals surface area contributed by atoms with E-state index in [0.717, 1.165) is 25.8 Å². The van der Waals surface area contributed by atoms with Crippen molar-refractivity contribution in [1.82, 2.24) is 4.90 Å². The minimum Gasteiger partial charge on any atom is -0.444 e. The maximum atomic E-state index is 12.0. The Balaban J connectivity index is 1.96. The fourth-order valence-corrected chi connectivity index (χ4v) is 2.93. The quantitative estimate of drug-likeness (QED) is 0.666. The molecule has 1 aliphatic carbocycles. The lowest BCUT2D eigenvalue weighted by atomic mass is 9.74. The molecule has 1 amide bonds. The molecule has 2 aliphatic rings. The van der Waals surface area contributed by atoms with E-state index in [-0.39, 0.29) is 12.0 Å². The predicted octanol–water partition coefficient (Wildman–Crippen LogP) is 2.61. The molecule has 2 fully saturated rings. The van der Waals surface area contributed by atoms with Gasteiger partial charge in [0.15, 0.2) is 0 Å². The van der Waals surface area contributed by atoms with Gasteiger partial charge in [0.05, 0.1) is 0 Å². The van der Waals surface area contributed by atoms with Gasteiger partial charge in [0.25, 0.3) is 0 Å². The molecule has 0 aromatic rings. The van der Waals surface area contributed by atoms with Crippen molar-refractivity contribution in [1.29, 1.82) is 0 Å². The molecule has 102 valence electrons. The second-order valence-electron chi connectivity index (χ2n) is 6.44. The third-order valence-electron chi connectivity index (χ3n) is 3.82. The van der Waals surface area contributed by atoms with Gasteiger partial charge in [-0.2, -0.15) is 0 Å². The van der Waals surface area contributed by atoms with Crippen LogP contribution in [0.2, 0.25) is 0 Å². The van der Waals surface area contributed by atoms with Crippen molar-refractivity contribution >= 4 is 11.9 Å². The Hall–Kier alpha value is -1.06. The molecule has 4 heteroatoms. The molecule has 18 heavy (non-hydrogen) atoms. The summed E-state index contributed by atoms with van der Waals surface area (Å²) >= 11 is 0. The van der Waals surface area contributed by atoms with Gasteiger partial charge in [-0.05, 0) is 46.0 Å². The third kappa shape index (κ3) is 3.03. The highest BCUT2D eigenvalue weighted by Crippen LogP contribution is 2.34. The van der Waals surface area contributed by atoms with Crippen LogP contribution >= 0.6 is 0 Å². The average molecular weight is 253 g/mol. The Morgan fingerprint density at radius 3 is 2.72 bits per heavy atom. The summed E-state index contributed by atoms with van der Waals surface area (Å²) in [5.41, 5.74) is -0.468. The Bertz CT molecular complexity index is 345. The van der Waals surface area contributed by atoms with E-state index >= 15 is 0 Å². The normalized spacial score (nSPS) is 28.8. The van der Waals surface area contributed by atoms with Gasteiger partial charge in [-0.3, -0.25) is 4.79 Å². The van der Waals surface area contributed by atoms with Gasteiger partial charge in [0, 0.05) is 25.4 Å². The van der Waals surface area contributed by atoms with E-state index < -0.39 is 5.60 Å². The molecular weight excluding hydrogens is 230 g/mol. The van der Waals surface area contributed by atoms with Gasteiger partial charge < -0.3 is 9.64 Å². The first-order valence-electron chi connectivity index (χ1n) is 6.87. The zero-order valence-corrected chi connectivity index (χ0v) is 11.6. The molecule has 0 spiro atoms. The van der Waals surface area contributed by atoms with Crippen LogP contribution in [0.3, 0.4) is 0 Å². The molecule has 1 saturated carbocycles. The van der Waals surface area contributed by atoms with Gasteiger partial charge >= 0.3 is 6.09 Å². The van der Waals surface area contributed by atoms with Crippen LogP contribution in [0.5, 0.6) is 0 Å². The molecule has 0 radical (unpaired) electrons. The molecule has 0 bridgehead atoms. The first-order valence-corrected chi connectivity index (χ1v) is 6.87. The topological polar surface area (TPSA) is 46.6 Å². The Morgan fingerprint density at radius 1 is 1.33 bits per heavy atom. The molecule has 4 nitrogen and oxygen atoms in total. The molecule has 1 heterocycles. The SMILES string of the molecule is CC(C)(C)OC(=O)N1CC[C@H]2CCCC(=O)[C@@H]2C1. The molecule has 2 rings (SSSR count). The minimum absolute atomic E-state index is 0.0556. The zero-order valence-electron chi connectivity index (χ0n) is 11.6. The highest BCUT2D eigenvalue weighted by Gasteiger charge is 2.38. The second-order valence-corrected chi connectivity index (χ2v) is 6.44. The number of nitrogens with zero attached hydrogens (tertiary/aromatic N) is 1. The minimum atomic E-state index is -0.468. The smallest absolute Gasteiger partial charge is 0.410 e. The lowest BCUT2D eigenvalue weighted by molar-refractivity contribution is -0.128. The summed E-state index contributed by atoms with van der Waals surface area (Å²) in [7, 11) is 0. The summed E-state index contributed by atoms with van der Waals surface area (Å²) in [5, 5.41) is 0. The fraction of sp³-hybridized carbons (Fsp3) is 0.857. The maximum Gasteiger partial charge on any atom is 0.410 e. The molecule has 1 aliphatic heterocycles. The van der Waals surface area contributed by atoms with Crippen LogP contribution in [0.4, 0.5) is 4.79 Å². The van der Waals surface area contributed by atoms with Gasteiger partial charge in [-0.25, -0.2) is 4.79 Å². The summed E-state index contributed by atoms with van der Waals surface area (Å²) < 4.78 is 5.37. The lowest BCUT2D eigenvalue weighted by Gasteiger charge is -2.40. The van der Waals surface area contributed by atoms with Crippen LogP contribution < -0.4 is 0 Å². The van der Waals surface area contributed by atoms with Crippen LogP contribution in [-0.4, -0.2) is 35.5 Å². The number of piperidine rings is 1. The van der Waals surface area contributed by atoms with Gasteiger partial charge in [0.1, 0.15) is 11.4 Å². The highest BCUT2D eigenvalue weighted by molar-refractivity contribution is 5.83. The standard InChI is InChI=1S/C14H23NO3/c1-14(2,3)18-13(17)15-8-7-10-5-4-6-12(16)11(10)9-15/h10-11H,4-9H2,1-3H3/t10-,11-/m1/s1. The summed E-state index contributed by atoms with van der Waals surface area (Å²) in [4.78, 5) is 25.6. The summed E-state index contributed by atoms with van der Waals surface area (Å²) in [5.74, 6) is 0.879. The summed E-state index contributed by atoms with van der Waals surface area (Å²) in [6.07, 6.45) is 3.50. The number of carbonyl (C=O) groups excluding carboxylic acids is 2. The highest BCUT2D eigenvalue weighted by atomic mass is 16.6. The number of likely N-dealkylation sites (tertiary alicyclic amines) is 1. The van der Waals surface area contributed by atoms with Crippen molar-refractivity contribution in [3.8, 4) is 0 Å². The summed E-state index contributed by atoms with van der Waals surface area (Å²) in [6.45, 7) is 6.87. The fourth-order valence-electron chi connectivity index (χ4n) is 2.93. The van der Waals surface area contributed by atoms with Crippen LogP contribution in [-0.2, 0) is 9.53 Å². The first kappa shape index (κ1) is 13.4. The van der Waals surface area contributed by atoms with E-state index in [0.29, 0.717) is 24.7 Å². The average Bonchev–Trinajstić information content (AvgIpc) is 2.27. The van der Waals surface area contributed by atoms with Gasteiger partial charge in [0.2, 0.25) is 0 Å². The van der Waals surface area contributed by atoms with E-state index in [9.17, 15) is 9.59 Å². The number of rotatable bonds is 0. The largest absolute Gasteiger partial charge is 0.444 e. The van der Waals surface area contributed by atoms with Crippen LogP contribution in [0.25, 0.3) is 0 Å².